The molecule has 122 valence electrons. The van der Waals surface area contributed by atoms with Gasteiger partial charge in [-0.25, -0.2) is 0 Å². The first kappa shape index (κ1) is 16.7. The van der Waals surface area contributed by atoms with Crippen LogP contribution in [0.1, 0.15) is 37.1 Å². The number of nitrogens with zero attached hydrogens (tertiary/aromatic N) is 2. The molecule has 1 aliphatic carbocycles. The third-order valence-electron chi connectivity index (χ3n) is 3.71. The van der Waals surface area contributed by atoms with Crippen molar-refractivity contribution >= 4 is 17.2 Å². The van der Waals surface area contributed by atoms with Crippen LogP contribution in [0.15, 0.2) is 22.7 Å². The lowest BCUT2D eigenvalue weighted by Crippen LogP contribution is -1.96. The van der Waals surface area contributed by atoms with Gasteiger partial charge in [0.15, 0.2) is 0 Å². The molecule has 3 rings (SSSR count). The SMILES string of the molecule is Cc1noc(C)c1-c1ccc(N)c([N+](=O)[O-])c1.O=C1CCCC1. The summed E-state index contributed by atoms with van der Waals surface area (Å²) in [5, 5.41) is 14.6. The van der Waals surface area contributed by atoms with Crippen molar-refractivity contribution in [2.75, 3.05) is 5.73 Å². The first-order valence-corrected chi connectivity index (χ1v) is 7.39. The van der Waals surface area contributed by atoms with E-state index in [1.165, 1.54) is 12.1 Å². The Bertz CT molecular complexity index is 709. The predicted octanol–water partition coefficient (Wildman–Crippen LogP) is 3.58. The van der Waals surface area contributed by atoms with Gasteiger partial charge < -0.3 is 10.3 Å². The molecule has 1 fully saturated rings. The molecule has 0 atom stereocenters. The monoisotopic (exact) mass is 317 g/mol. The van der Waals surface area contributed by atoms with Crippen molar-refractivity contribution in [2.24, 2.45) is 0 Å². The summed E-state index contributed by atoms with van der Waals surface area (Å²) >= 11 is 0. The largest absolute Gasteiger partial charge is 0.393 e. The first-order chi connectivity index (χ1) is 10.9. The fourth-order valence-corrected chi connectivity index (χ4v) is 2.52. The lowest BCUT2D eigenvalue weighted by Gasteiger charge is -2.02. The van der Waals surface area contributed by atoms with Crippen LogP contribution < -0.4 is 5.73 Å². The van der Waals surface area contributed by atoms with Crippen LogP contribution in [0.3, 0.4) is 0 Å². The Morgan fingerprint density at radius 2 is 1.91 bits per heavy atom. The second-order valence-corrected chi connectivity index (χ2v) is 5.48. The fraction of sp³-hybridized carbons (Fsp3) is 0.375. The number of carbonyl (C=O) groups excluding carboxylic acids is 1. The van der Waals surface area contributed by atoms with Gasteiger partial charge in [0, 0.05) is 24.5 Å². The molecule has 0 bridgehead atoms. The Hall–Kier alpha value is -2.70. The van der Waals surface area contributed by atoms with E-state index < -0.39 is 4.92 Å². The minimum atomic E-state index is -0.503. The van der Waals surface area contributed by atoms with E-state index in [0.29, 0.717) is 22.8 Å². The highest BCUT2D eigenvalue weighted by Gasteiger charge is 2.17. The number of nitrogens with two attached hydrogens (primary N) is 1. The highest BCUT2D eigenvalue weighted by molar-refractivity contribution is 5.80. The Morgan fingerprint density at radius 3 is 2.35 bits per heavy atom. The van der Waals surface area contributed by atoms with Gasteiger partial charge in [0.05, 0.1) is 10.6 Å². The normalized spacial score (nSPS) is 13.6. The van der Waals surface area contributed by atoms with Crippen molar-refractivity contribution in [1.29, 1.82) is 0 Å². The molecule has 2 aromatic rings. The zero-order valence-corrected chi connectivity index (χ0v) is 13.2. The number of anilines is 1. The maximum atomic E-state index is 10.8. The van der Waals surface area contributed by atoms with Gasteiger partial charge in [0.2, 0.25) is 0 Å². The summed E-state index contributed by atoms with van der Waals surface area (Å²) < 4.78 is 5.03. The molecule has 0 unspecified atom stereocenters. The van der Waals surface area contributed by atoms with E-state index in [0.717, 1.165) is 31.2 Å². The van der Waals surface area contributed by atoms with Gasteiger partial charge in [-0.15, -0.1) is 0 Å². The molecule has 0 saturated heterocycles. The van der Waals surface area contributed by atoms with Crippen LogP contribution in [0.5, 0.6) is 0 Å². The summed E-state index contributed by atoms with van der Waals surface area (Å²) in [7, 11) is 0. The first-order valence-electron chi connectivity index (χ1n) is 7.39. The number of ketones is 1. The van der Waals surface area contributed by atoms with E-state index in [1.807, 2.05) is 0 Å². The van der Waals surface area contributed by atoms with Crippen molar-refractivity contribution in [3.05, 3.63) is 39.8 Å². The minimum Gasteiger partial charge on any atom is -0.393 e. The topological polar surface area (TPSA) is 112 Å². The number of aromatic nitrogens is 1. The van der Waals surface area contributed by atoms with Gasteiger partial charge in [0.25, 0.3) is 5.69 Å². The standard InChI is InChI=1S/C11H11N3O3.C5H8O/c1-6-11(7(2)17-13-6)8-3-4-9(12)10(5-8)14(15)16;6-5-3-1-2-4-5/h3-5H,12H2,1-2H3;1-4H2. The maximum absolute atomic E-state index is 10.8. The van der Waals surface area contributed by atoms with E-state index >= 15 is 0 Å². The van der Waals surface area contributed by atoms with Gasteiger partial charge in [0.1, 0.15) is 17.2 Å². The number of benzene rings is 1. The van der Waals surface area contributed by atoms with E-state index in [4.69, 9.17) is 10.3 Å². The van der Waals surface area contributed by atoms with E-state index in [2.05, 4.69) is 5.16 Å². The number of Topliss-reactive ketones (excluding diaryl/α,β-unsaturated/α-hetero) is 1. The minimum absolute atomic E-state index is 0.109. The number of nitro groups is 1. The number of aryl methyl sites for hydroxylation is 2. The third-order valence-corrected chi connectivity index (χ3v) is 3.71. The zero-order valence-electron chi connectivity index (χ0n) is 13.2. The van der Waals surface area contributed by atoms with E-state index in [1.54, 1.807) is 19.9 Å². The van der Waals surface area contributed by atoms with Gasteiger partial charge in [-0.3, -0.25) is 14.9 Å². The summed E-state index contributed by atoms with van der Waals surface area (Å²) in [5.41, 5.74) is 7.72. The van der Waals surface area contributed by atoms with Gasteiger partial charge >= 0.3 is 0 Å². The van der Waals surface area contributed by atoms with Crippen LogP contribution in [0.4, 0.5) is 11.4 Å². The lowest BCUT2D eigenvalue weighted by molar-refractivity contribution is -0.383. The molecule has 7 nitrogen and oxygen atoms in total. The molecule has 0 radical (unpaired) electrons. The Kier molecular flexibility index (Phi) is 5.10. The van der Waals surface area contributed by atoms with Gasteiger partial charge in [-0.05, 0) is 38.3 Å². The van der Waals surface area contributed by atoms with Crippen LogP contribution in [0.25, 0.3) is 11.1 Å². The third kappa shape index (κ3) is 3.94. The molecule has 1 aliphatic rings. The number of rotatable bonds is 2. The number of carbonyl (C=O) groups is 1. The van der Waals surface area contributed by atoms with Crippen LogP contribution in [0, 0.1) is 24.0 Å². The molecule has 0 amide bonds. The quantitative estimate of drug-likeness (QED) is 0.514. The molecule has 1 heterocycles. The predicted molar refractivity (Wildman–Crippen MR) is 86.0 cm³/mol. The van der Waals surface area contributed by atoms with Crippen molar-refractivity contribution < 1.29 is 14.2 Å². The molecule has 23 heavy (non-hydrogen) atoms. The second-order valence-electron chi connectivity index (χ2n) is 5.48. The van der Waals surface area contributed by atoms with E-state index in [-0.39, 0.29) is 11.4 Å². The van der Waals surface area contributed by atoms with Crippen LogP contribution in [-0.2, 0) is 4.79 Å². The highest BCUT2D eigenvalue weighted by Crippen LogP contribution is 2.32. The number of hydrogen-bond donors (Lipinski definition) is 1. The number of nitrogen functional groups attached to an aromatic ring is 1. The Balaban J connectivity index is 0.000000268. The Morgan fingerprint density at radius 1 is 1.26 bits per heavy atom. The maximum Gasteiger partial charge on any atom is 0.292 e. The van der Waals surface area contributed by atoms with Crippen molar-refractivity contribution in [3.8, 4) is 11.1 Å². The molecule has 0 aliphatic heterocycles. The summed E-state index contributed by atoms with van der Waals surface area (Å²) in [5.74, 6) is 1.08. The fourth-order valence-electron chi connectivity index (χ4n) is 2.52. The number of nitro benzene ring substituents is 1. The molecule has 1 aromatic heterocycles. The summed E-state index contributed by atoms with van der Waals surface area (Å²) in [6.45, 7) is 3.55. The smallest absolute Gasteiger partial charge is 0.292 e. The molecule has 2 N–H and O–H groups in total. The molecule has 7 heteroatoms. The average Bonchev–Trinajstić information content (AvgIpc) is 3.10. The van der Waals surface area contributed by atoms with Crippen LogP contribution in [-0.4, -0.2) is 15.9 Å². The average molecular weight is 317 g/mol. The molecular weight excluding hydrogens is 298 g/mol. The summed E-state index contributed by atoms with van der Waals surface area (Å²) in [4.78, 5) is 20.5. The molecule has 1 aromatic carbocycles. The number of hydrogen-bond acceptors (Lipinski definition) is 6. The molecule has 1 saturated carbocycles. The lowest BCUT2D eigenvalue weighted by atomic mass is 10.0. The van der Waals surface area contributed by atoms with Crippen LogP contribution in [0.2, 0.25) is 0 Å². The summed E-state index contributed by atoms with van der Waals surface area (Å²) in [6, 6.07) is 4.66. The van der Waals surface area contributed by atoms with Crippen molar-refractivity contribution in [1.82, 2.24) is 5.16 Å². The van der Waals surface area contributed by atoms with Crippen molar-refractivity contribution in [2.45, 2.75) is 39.5 Å². The van der Waals surface area contributed by atoms with Gasteiger partial charge in [-0.2, -0.15) is 0 Å². The summed E-state index contributed by atoms with van der Waals surface area (Å²) in [6.07, 6.45) is 3.97. The molecular formula is C16H19N3O4. The van der Waals surface area contributed by atoms with Gasteiger partial charge in [-0.1, -0.05) is 11.2 Å². The molecule has 0 spiro atoms. The Labute approximate surface area is 133 Å². The van der Waals surface area contributed by atoms with Crippen LogP contribution >= 0.6 is 0 Å². The second kappa shape index (κ2) is 7.04. The van der Waals surface area contributed by atoms with Crippen molar-refractivity contribution in [3.63, 3.8) is 0 Å². The zero-order chi connectivity index (χ0) is 17.0. The highest BCUT2D eigenvalue weighted by atomic mass is 16.6. The van der Waals surface area contributed by atoms with E-state index in [9.17, 15) is 14.9 Å².